The van der Waals surface area contributed by atoms with E-state index in [0.29, 0.717) is 11.4 Å². The summed E-state index contributed by atoms with van der Waals surface area (Å²) in [6.07, 6.45) is 5.28. The van der Waals surface area contributed by atoms with Crippen LogP contribution < -0.4 is 10.6 Å². The van der Waals surface area contributed by atoms with Gasteiger partial charge in [-0.1, -0.05) is 36.4 Å². The molecule has 2 N–H and O–H groups in total. The van der Waals surface area contributed by atoms with E-state index in [1.54, 1.807) is 18.6 Å². The Hall–Kier alpha value is -3.99. The Morgan fingerprint density at radius 3 is 2.68 bits per heavy atom. The predicted molar refractivity (Wildman–Crippen MR) is 112 cm³/mol. The number of carbonyl (C=O) groups excluding carboxylic acids is 1. The maximum Gasteiger partial charge on any atom is 0.259 e. The lowest BCUT2D eigenvalue weighted by Gasteiger charge is -2.06. The molecule has 3 heterocycles. The molecule has 0 radical (unpaired) electrons. The van der Waals surface area contributed by atoms with Crippen molar-refractivity contribution in [1.29, 1.82) is 0 Å². The zero-order valence-corrected chi connectivity index (χ0v) is 14.9. The van der Waals surface area contributed by atoms with E-state index in [0.717, 1.165) is 33.3 Å². The van der Waals surface area contributed by atoms with E-state index in [-0.39, 0.29) is 5.91 Å². The highest BCUT2D eigenvalue weighted by atomic mass is 16.2. The summed E-state index contributed by atoms with van der Waals surface area (Å²) in [5, 5.41) is 7.09. The Kier molecular flexibility index (Phi) is 3.84. The van der Waals surface area contributed by atoms with Gasteiger partial charge in [-0.2, -0.15) is 0 Å². The van der Waals surface area contributed by atoms with Crippen molar-refractivity contribution in [3.63, 3.8) is 0 Å². The van der Waals surface area contributed by atoms with E-state index in [9.17, 15) is 4.79 Å². The van der Waals surface area contributed by atoms with Gasteiger partial charge in [0.25, 0.3) is 5.91 Å². The number of nitrogens with zero attached hydrogens (tertiary/aromatic N) is 2. The highest BCUT2D eigenvalue weighted by Gasteiger charge is 2.25. The molecule has 0 unspecified atom stereocenters. The van der Waals surface area contributed by atoms with Gasteiger partial charge in [0.05, 0.1) is 11.1 Å². The first-order valence-electron chi connectivity index (χ1n) is 8.97. The van der Waals surface area contributed by atoms with Gasteiger partial charge in [-0.25, -0.2) is 4.98 Å². The number of benzene rings is 2. The Labute approximate surface area is 161 Å². The zero-order valence-electron chi connectivity index (χ0n) is 14.9. The molecule has 0 fully saturated rings. The molecule has 1 amide bonds. The molecule has 134 valence electrons. The first kappa shape index (κ1) is 16.2. The molecule has 5 nitrogen and oxygen atoms in total. The average Bonchev–Trinajstić information content (AvgIpc) is 3.07. The molecule has 0 saturated carbocycles. The highest BCUT2D eigenvalue weighted by molar-refractivity contribution is 6.31. The van der Waals surface area contributed by atoms with Gasteiger partial charge in [-0.15, -0.1) is 0 Å². The average molecular weight is 364 g/mol. The van der Waals surface area contributed by atoms with Gasteiger partial charge in [0.15, 0.2) is 0 Å². The third kappa shape index (κ3) is 2.89. The summed E-state index contributed by atoms with van der Waals surface area (Å²) in [6.45, 7) is 0. The van der Waals surface area contributed by atoms with E-state index in [4.69, 9.17) is 0 Å². The third-order valence-corrected chi connectivity index (χ3v) is 4.75. The molecule has 1 aliphatic rings. The molecule has 0 aliphatic carbocycles. The molecule has 5 rings (SSSR count). The molecule has 0 spiro atoms. The van der Waals surface area contributed by atoms with Gasteiger partial charge < -0.3 is 10.6 Å². The largest absolute Gasteiger partial charge is 0.361 e. The van der Waals surface area contributed by atoms with Crippen LogP contribution in [0, 0.1) is 0 Å². The topological polar surface area (TPSA) is 66.9 Å². The van der Waals surface area contributed by atoms with Gasteiger partial charge in [-0.3, -0.25) is 9.78 Å². The van der Waals surface area contributed by atoms with Crippen LogP contribution in [-0.2, 0) is 4.79 Å². The summed E-state index contributed by atoms with van der Waals surface area (Å²) in [6, 6.07) is 21.8. The number of aromatic nitrogens is 2. The van der Waals surface area contributed by atoms with Crippen LogP contribution in [0.4, 0.5) is 11.5 Å². The number of carbonyl (C=O) groups is 1. The van der Waals surface area contributed by atoms with Crippen LogP contribution in [0.2, 0.25) is 0 Å². The second-order valence-corrected chi connectivity index (χ2v) is 6.55. The monoisotopic (exact) mass is 364 g/mol. The number of pyridine rings is 2. The lowest BCUT2D eigenvalue weighted by molar-refractivity contribution is -0.110. The van der Waals surface area contributed by atoms with Crippen LogP contribution in [0.1, 0.15) is 5.56 Å². The standard InChI is InChI=1S/C23H16N4O/c28-23-20(14-25-18-8-9-21-16(11-18)7-4-10-24-21)19-12-17(13-26-22(19)27-23)15-5-2-1-3-6-15/h1-14,25H,(H,26,27,28). The van der Waals surface area contributed by atoms with Crippen LogP contribution in [0.25, 0.3) is 27.6 Å². The zero-order chi connectivity index (χ0) is 18.9. The minimum atomic E-state index is -0.164. The quantitative estimate of drug-likeness (QED) is 0.517. The van der Waals surface area contributed by atoms with Crippen LogP contribution >= 0.6 is 0 Å². The number of hydrogen-bond donors (Lipinski definition) is 2. The molecule has 0 atom stereocenters. The lowest BCUT2D eigenvalue weighted by atomic mass is 10.0. The summed E-state index contributed by atoms with van der Waals surface area (Å²) >= 11 is 0. The van der Waals surface area contributed by atoms with Crippen LogP contribution in [-0.4, -0.2) is 15.9 Å². The van der Waals surface area contributed by atoms with Crippen molar-refractivity contribution in [2.45, 2.75) is 0 Å². The Balaban J connectivity index is 1.49. The SMILES string of the molecule is O=C1Nc2ncc(-c3ccccc3)cc2C1=CNc1ccc2ncccc2c1. The van der Waals surface area contributed by atoms with Crippen molar-refractivity contribution >= 4 is 33.9 Å². The first-order chi connectivity index (χ1) is 13.8. The fraction of sp³-hybridized carbons (Fsp3) is 0. The molecule has 0 saturated heterocycles. The van der Waals surface area contributed by atoms with Gasteiger partial charge in [-0.05, 0) is 35.9 Å². The van der Waals surface area contributed by atoms with Crippen LogP contribution in [0.5, 0.6) is 0 Å². The van der Waals surface area contributed by atoms with Crippen LogP contribution in [0.3, 0.4) is 0 Å². The van der Waals surface area contributed by atoms with Crippen molar-refractivity contribution in [1.82, 2.24) is 9.97 Å². The molecule has 1 aliphatic heterocycles. The summed E-state index contributed by atoms with van der Waals surface area (Å²) in [5.74, 6) is 0.420. The number of nitrogens with one attached hydrogen (secondary N) is 2. The summed E-state index contributed by atoms with van der Waals surface area (Å²) in [4.78, 5) is 21.2. The number of anilines is 2. The summed E-state index contributed by atoms with van der Waals surface area (Å²) in [7, 11) is 0. The number of fused-ring (bicyclic) bond motifs is 2. The van der Waals surface area contributed by atoms with E-state index in [1.165, 1.54) is 0 Å². The maximum absolute atomic E-state index is 12.4. The minimum Gasteiger partial charge on any atom is -0.361 e. The van der Waals surface area contributed by atoms with Crippen molar-refractivity contribution in [2.24, 2.45) is 0 Å². The van der Waals surface area contributed by atoms with Crippen molar-refractivity contribution in [2.75, 3.05) is 10.6 Å². The summed E-state index contributed by atoms with van der Waals surface area (Å²) in [5.41, 5.74) is 5.21. The van der Waals surface area contributed by atoms with E-state index < -0.39 is 0 Å². The number of hydrogen-bond acceptors (Lipinski definition) is 4. The fourth-order valence-electron chi connectivity index (χ4n) is 3.32. The van der Waals surface area contributed by atoms with Gasteiger partial charge in [0, 0.05) is 40.8 Å². The fourth-order valence-corrected chi connectivity index (χ4v) is 3.32. The van der Waals surface area contributed by atoms with E-state index >= 15 is 0 Å². The number of amides is 1. The van der Waals surface area contributed by atoms with Crippen molar-refractivity contribution in [3.8, 4) is 11.1 Å². The normalized spacial score (nSPS) is 14.1. The van der Waals surface area contributed by atoms with Gasteiger partial charge >= 0.3 is 0 Å². The Morgan fingerprint density at radius 1 is 0.893 bits per heavy atom. The van der Waals surface area contributed by atoms with Crippen molar-refractivity contribution < 1.29 is 4.79 Å². The van der Waals surface area contributed by atoms with Gasteiger partial charge in [0.2, 0.25) is 0 Å². The molecule has 5 heteroatoms. The number of rotatable bonds is 3. The first-order valence-corrected chi connectivity index (χ1v) is 8.97. The van der Waals surface area contributed by atoms with E-state index in [1.807, 2.05) is 66.7 Å². The molecule has 2 aromatic heterocycles. The van der Waals surface area contributed by atoms with Gasteiger partial charge in [0.1, 0.15) is 5.82 Å². The third-order valence-electron chi connectivity index (χ3n) is 4.75. The smallest absolute Gasteiger partial charge is 0.259 e. The lowest BCUT2D eigenvalue weighted by Crippen LogP contribution is -2.05. The summed E-state index contributed by atoms with van der Waals surface area (Å²) < 4.78 is 0. The predicted octanol–water partition coefficient (Wildman–Crippen LogP) is 4.70. The molecular weight excluding hydrogens is 348 g/mol. The van der Waals surface area contributed by atoms with Crippen molar-refractivity contribution in [3.05, 3.63) is 90.9 Å². The maximum atomic E-state index is 12.4. The molecule has 28 heavy (non-hydrogen) atoms. The second-order valence-electron chi connectivity index (χ2n) is 6.55. The Bertz CT molecular complexity index is 1230. The second kappa shape index (κ2) is 6.63. The molecule has 0 bridgehead atoms. The Morgan fingerprint density at radius 2 is 1.79 bits per heavy atom. The molecular formula is C23H16N4O. The molecule has 2 aromatic carbocycles. The minimum absolute atomic E-state index is 0.164. The molecule has 4 aromatic rings. The van der Waals surface area contributed by atoms with E-state index in [2.05, 4.69) is 20.6 Å². The highest BCUT2D eigenvalue weighted by Crippen LogP contribution is 2.33. The van der Waals surface area contributed by atoms with Crippen LogP contribution in [0.15, 0.2) is 85.3 Å².